The number of amides is 3. The number of hydrogen-bond donors (Lipinski definition) is 1. The number of halogens is 1. The average molecular weight is 716 g/mol. The maximum Gasteiger partial charge on any atom is 0.410 e. The van der Waals surface area contributed by atoms with Crippen molar-refractivity contribution in [2.75, 3.05) is 52.4 Å². The number of nitrogens with zero attached hydrogens (tertiary/aromatic N) is 4. The maximum absolute atomic E-state index is 14.3. The summed E-state index contributed by atoms with van der Waals surface area (Å²) in [7, 11) is 0. The van der Waals surface area contributed by atoms with Crippen LogP contribution in [-0.2, 0) is 27.2 Å². The molecule has 2 heterocycles. The molecule has 3 amide bonds. The number of ether oxygens (including phenoxy) is 1. The first-order valence-electron chi connectivity index (χ1n) is 18.4. The van der Waals surface area contributed by atoms with Crippen LogP contribution in [0.3, 0.4) is 0 Å². The maximum atomic E-state index is 14.3. The Kier molecular flexibility index (Phi) is 13.2. The smallest absolute Gasteiger partial charge is 0.410 e. The molecule has 0 aliphatic carbocycles. The Balaban J connectivity index is 1.32. The molecule has 0 saturated carbocycles. The van der Waals surface area contributed by atoms with Crippen molar-refractivity contribution in [3.05, 3.63) is 106 Å². The molecule has 274 valence electrons. The van der Waals surface area contributed by atoms with Crippen LogP contribution in [0.5, 0.6) is 0 Å². The summed E-state index contributed by atoms with van der Waals surface area (Å²) >= 11 is 6.18. The topological polar surface area (TPSA) is 85.4 Å². The molecule has 2 unspecified atom stereocenters. The highest BCUT2D eigenvalue weighted by Crippen LogP contribution is 2.33. The molecular weight excluding hydrogens is 662 g/mol. The molecule has 51 heavy (non-hydrogen) atoms. The third kappa shape index (κ3) is 10.3. The monoisotopic (exact) mass is 715 g/mol. The number of rotatable bonds is 12. The lowest BCUT2D eigenvalue weighted by atomic mass is 9.90. The van der Waals surface area contributed by atoms with Crippen LogP contribution in [0.25, 0.3) is 0 Å². The number of hydrogen-bond acceptors (Lipinski definition) is 6. The predicted molar refractivity (Wildman–Crippen MR) is 203 cm³/mol. The van der Waals surface area contributed by atoms with Gasteiger partial charge in [0.2, 0.25) is 11.8 Å². The minimum Gasteiger partial charge on any atom is -0.444 e. The number of fused-ring (bicyclic) bond motifs is 1. The largest absolute Gasteiger partial charge is 0.444 e. The molecule has 1 saturated heterocycles. The van der Waals surface area contributed by atoms with E-state index >= 15 is 0 Å². The zero-order valence-electron chi connectivity index (χ0n) is 30.8. The quantitative estimate of drug-likeness (QED) is 0.230. The number of benzene rings is 3. The van der Waals surface area contributed by atoms with Crippen LogP contribution in [0.4, 0.5) is 4.79 Å². The van der Waals surface area contributed by atoms with Gasteiger partial charge in [0.1, 0.15) is 11.6 Å². The lowest BCUT2D eigenvalue weighted by Gasteiger charge is -2.42. The highest BCUT2D eigenvalue weighted by atomic mass is 35.5. The number of carbonyl (C=O) groups is 3. The van der Waals surface area contributed by atoms with E-state index in [1.165, 1.54) is 5.56 Å². The number of carbonyl (C=O) groups excluding carboxylic acids is 3. The zero-order chi connectivity index (χ0) is 36.5. The predicted octanol–water partition coefficient (Wildman–Crippen LogP) is 6.52. The molecule has 10 heteroatoms. The molecule has 2 aliphatic rings. The first-order chi connectivity index (χ1) is 24.5. The molecule has 9 nitrogen and oxygen atoms in total. The number of nitrogens with one attached hydrogen (secondary N) is 1. The van der Waals surface area contributed by atoms with E-state index < -0.39 is 23.8 Å². The first kappa shape index (κ1) is 38.3. The average Bonchev–Trinajstić information content (AvgIpc) is 3.12. The van der Waals surface area contributed by atoms with E-state index in [1.807, 2.05) is 68.1 Å². The minimum absolute atomic E-state index is 0.0124. The van der Waals surface area contributed by atoms with Gasteiger partial charge in [-0.2, -0.15) is 0 Å². The Hall–Kier alpha value is -3.92. The van der Waals surface area contributed by atoms with E-state index in [0.29, 0.717) is 37.5 Å². The third-order valence-corrected chi connectivity index (χ3v) is 10.2. The van der Waals surface area contributed by atoms with Crippen LogP contribution in [0.2, 0.25) is 5.02 Å². The van der Waals surface area contributed by atoms with Crippen molar-refractivity contribution in [1.82, 2.24) is 24.9 Å². The van der Waals surface area contributed by atoms with Gasteiger partial charge in [0.25, 0.3) is 0 Å². The Morgan fingerprint density at radius 2 is 1.53 bits per heavy atom. The summed E-state index contributed by atoms with van der Waals surface area (Å²) in [6.07, 6.45) is 0.569. The van der Waals surface area contributed by atoms with Crippen molar-refractivity contribution in [1.29, 1.82) is 0 Å². The van der Waals surface area contributed by atoms with Gasteiger partial charge in [-0.05, 0) is 74.7 Å². The van der Waals surface area contributed by atoms with E-state index in [4.69, 9.17) is 16.3 Å². The summed E-state index contributed by atoms with van der Waals surface area (Å²) in [4.78, 5) is 50.1. The second-order valence-corrected chi connectivity index (χ2v) is 15.0. The van der Waals surface area contributed by atoms with Crippen molar-refractivity contribution >= 4 is 29.5 Å². The van der Waals surface area contributed by atoms with Gasteiger partial charge in [-0.3, -0.25) is 14.5 Å². The SMILES string of the molecule is CCN(CC)CC(c1ccccc1)N1CCN(C(=O)[C@@H](Cc2ccc(Cl)cc2)NC(=O)CC2c3ccccc3CCN2C(=O)OC(C)(C)C)CC1. The standard InChI is InChI=1S/C41H54ClN5O4/c1-6-44(7-2)29-37(32-14-9-8-10-15-32)45-23-25-46(26-24-45)39(49)35(27-30-17-19-33(42)20-18-30)43-38(48)28-36-34-16-12-11-13-31(34)21-22-47(36)40(50)51-41(3,4)5/h8-20,35-37H,6-7,21-29H2,1-5H3,(H,43,48)/t35-,36?,37?/m1/s1. The molecule has 3 atom stereocenters. The summed E-state index contributed by atoms with van der Waals surface area (Å²) < 4.78 is 5.76. The highest BCUT2D eigenvalue weighted by molar-refractivity contribution is 6.30. The Bertz CT molecular complexity index is 1600. The lowest BCUT2D eigenvalue weighted by molar-refractivity contribution is -0.138. The summed E-state index contributed by atoms with van der Waals surface area (Å²) in [6.45, 7) is 15.8. The van der Waals surface area contributed by atoms with E-state index in [0.717, 1.165) is 49.4 Å². The van der Waals surface area contributed by atoms with Gasteiger partial charge in [-0.25, -0.2) is 4.79 Å². The summed E-state index contributed by atoms with van der Waals surface area (Å²) in [5, 5.41) is 3.71. The fourth-order valence-electron chi connectivity index (χ4n) is 7.20. The Morgan fingerprint density at radius 1 is 0.882 bits per heavy atom. The third-order valence-electron chi connectivity index (χ3n) is 9.98. The molecule has 3 aromatic carbocycles. The van der Waals surface area contributed by atoms with Crippen LogP contribution in [0.1, 0.15) is 75.4 Å². The van der Waals surface area contributed by atoms with Crippen molar-refractivity contribution in [3.8, 4) is 0 Å². The van der Waals surface area contributed by atoms with Gasteiger partial charge in [0.05, 0.1) is 12.5 Å². The van der Waals surface area contributed by atoms with Crippen LogP contribution in [0.15, 0.2) is 78.9 Å². The van der Waals surface area contributed by atoms with E-state index in [1.54, 1.807) is 17.0 Å². The highest BCUT2D eigenvalue weighted by Gasteiger charge is 2.37. The van der Waals surface area contributed by atoms with Crippen molar-refractivity contribution in [2.45, 2.75) is 77.6 Å². The summed E-state index contributed by atoms with van der Waals surface area (Å²) in [6, 6.07) is 24.9. The minimum atomic E-state index is -0.778. The van der Waals surface area contributed by atoms with E-state index in [-0.39, 0.29) is 24.3 Å². The van der Waals surface area contributed by atoms with Gasteiger partial charge in [-0.1, -0.05) is 92.2 Å². The second kappa shape index (κ2) is 17.5. The molecule has 0 spiro atoms. The second-order valence-electron chi connectivity index (χ2n) is 14.6. The Labute approximate surface area is 308 Å². The fraction of sp³-hybridized carbons (Fsp3) is 0.488. The van der Waals surface area contributed by atoms with Crippen molar-refractivity contribution in [3.63, 3.8) is 0 Å². The molecule has 2 aliphatic heterocycles. The molecular formula is C41H54ClN5O4. The van der Waals surface area contributed by atoms with Crippen LogP contribution >= 0.6 is 11.6 Å². The van der Waals surface area contributed by atoms with Gasteiger partial charge in [0, 0.05) is 56.8 Å². The van der Waals surface area contributed by atoms with E-state index in [9.17, 15) is 14.4 Å². The van der Waals surface area contributed by atoms with Crippen molar-refractivity contribution < 1.29 is 19.1 Å². The van der Waals surface area contributed by atoms with Gasteiger partial charge in [0.15, 0.2) is 0 Å². The molecule has 3 aromatic rings. The molecule has 5 rings (SSSR count). The van der Waals surface area contributed by atoms with Crippen LogP contribution < -0.4 is 5.32 Å². The molecule has 0 bridgehead atoms. The fourth-order valence-corrected chi connectivity index (χ4v) is 7.33. The normalized spacial score (nSPS) is 17.8. The first-order valence-corrected chi connectivity index (χ1v) is 18.7. The van der Waals surface area contributed by atoms with Crippen LogP contribution in [0, 0.1) is 0 Å². The molecule has 1 fully saturated rings. The van der Waals surface area contributed by atoms with Crippen molar-refractivity contribution in [2.24, 2.45) is 0 Å². The summed E-state index contributed by atoms with van der Waals surface area (Å²) in [5.41, 5.74) is 3.55. The Morgan fingerprint density at radius 3 is 2.18 bits per heavy atom. The molecule has 0 radical (unpaired) electrons. The van der Waals surface area contributed by atoms with Gasteiger partial charge < -0.3 is 24.8 Å². The summed E-state index contributed by atoms with van der Waals surface area (Å²) in [5.74, 6) is -0.398. The number of likely N-dealkylation sites (N-methyl/N-ethyl adjacent to an activating group) is 1. The number of piperazine rings is 1. The van der Waals surface area contributed by atoms with Gasteiger partial charge in [-0.15, -0.1) is 0 Å². The van der Waals surface area contributed by atoms with Gasteiger partial charge >= 0.3 is 6.09 Å². The van der Waals surface area contributed by atoms with E-state index in [2.05, 4.69) is 53.2 Å². The zero-order valence-corrected chi connectivity index (χ0v) is 31.6. The van der Waals surface area contributed by atoms with Crippen LogP contribution in [-0.4, -0.2) is 102 Å². The molecule has 1 N–H and O–H groups in total. The molecule has 0 aromatic heterocycles. The lowest BCUT2D eigenvalue weighted by Crippen LogP contribution is -2.56.